The first-order chi connectivity index (χ1) is 16.7. The normalized spacial score (nSPS) is 18.7. The first-order valence-corrected chi connectivity index (χ1v) is 12.0. The Bertz CT molecular complexity index is 1260. The van der Waals surface area contributed by atoms with Crippen LogP contribution in [-0.4, -0.2) is 55.4 Å². The molecule has 35 heavy (non-hydrogen) atoms. The molecular formula is C25H31FN4O5. The summed E-state index contributed by atoms with van der Waals surface area (Å²) in [6, 6.07) is 4.58. The Kier molecular flexibility index (Phi) is 7.61. The van der Waals surface area contributed by atoms with Crippen molar-refractivity contribution in [3.63, 3.8) is 0 Å². The molecule has 1 saturated heterocycles. The number of aliphatic hydroxyl groups is 1. The molecule has 10 heteroatoms. The van der Waals surface area contributed by atoms with Crippen LogP contribution in [0.1, 0.15) is 67.4 Å². The number of benzene rings is 1. The quantitative estimate of drug-likeness (QED) is 0.577. The lowest BCUT2D eigenvalue weighted by Gasteiger charge is -2.31. The zero-order chi connectivity index (χ0) is 25.1. The summed E-state index contributed by atoms with van der Waals surface area (Å²) in [4.78, 5) is 28.9. The number of carbonyl (C=O) groups is 1. The standard InChI is InChI=1S/C23H27FN4O3.C2H4O2/c1-14-17(23(30)28-9-2-3-19(29)22(28)25-14)8-12-27-10-6-15(7-11-27)21-18-5-4-16(24)13-20(18)31-26-21;1-2(3)4/h4-5,13,15,19,29H,2-3,6-12H2,1H3;1H3,(H,3,4)/t19-;/m1./s1. The Hall–Kier alpha value is -3.11. The third-order valence-corrected chi connectivity index (χ3v) is 6.77. The highest BCUT2D eigenvalue weighted by Crippen LogP contribution is 2.32. The van der Waals surface area contributed by atoms with E-state index in [2.05, 4.69) is 15.0 Å². The van der Waals surface area contributed by atoms with Gasteiger partial charge in [0.1, 0.15) is 17.7 Å². The van der Waals surface area contributed by atoms with Crippen LogP contribution in [0.4, 0.5) is 4.39 Å². The second-order valence-corrected chi connectivity index (χ2v) is 9.24. The van der Waals surface area contributed by atoms with Crippen LogP contribution in [0, 0.1) is 12.7 Å². The second kappa shape index (κ2) is 10.7. The molecule has 0 saturated carbocycles. The van der Waals surface area contributed by atoms with Crippen LogP contribution in [0.5, 0.6) is 0 Å². The lowest BCUT2D eigenvalue weighted by atomic mass is 9.91. The molecular weight excluding hydrogens is 455 g/mol. The largest absolute Gasteiger partial charge is 0.481 e. The SMILES string of the molecule is CC(=O)O.Cc1nc2n(c(=O)c1CCN1CCC(c3noc4cc(F)ccc34)CC1)CCC[C@H]2O. The number of nitrogens with zero attached hydrogens (tertiary/aromatic N) is 4. The van der Waals surface area contributed by atoms with Crippen molar-refractivity contribution in [2.45, 2.75) is 64.5 Å². The van der Waals surface area contributed by atoms with E-state index in [4.69, 9.17) is 14.4 Å². The lowest BCUT2D eigenvalue weighted by Crippen LogP contribution is -2.37. The summed E-state index contributed by atoms with van der Waals surface area (Å²) in [6.45, 7) is 6.21. The van der Waals surface area contributed by atoms with Crippen molar-refractivity contribution in [2.75, 3.05) is 19.6 Å². The molecule has 188 valence electrons. The zero-order valence-electron chi connectivity index (χ0n) is 20.0. The van der Waals surface area contributed by atoms with Gasteiger partial charge >= 0.3 is 0 Å². The summed E-state index contributed by atoms with van der Waals surface area (Å²) in [6.07, 6.45) is 3.38. The van der Waals surface area contributed by atoms with E-state index >= 15 is 0 Å². The highest BCUT2D eigenvalue weighted by molar-refractivity contribution is 5.79. The van der Waals surface area contributed by atoms with Crippen LogP contribution >= 0.6 is 0 Å². The third kappa shape index (κ3) is 5.59. The molecule has 3 aromatic rings. The van der Waals surface area contributed by atoms with Gasteiger partial charge in [0.2, 0.25) is 0 Å². The van der Waals surface area contributed by atoms with Crippen molar-refractivity contribution in [1.29, 1.82) is 0 Å². The van der Waals surface area contributed by atoms with Gasteiger partial charge in [-0.2, -0.15) is 0 Å². The van der Waals surface area contributed by atoms with Crippen molar-refractivity contribution in [2.24, 2.45) is 0 Å². The molecule has 0 radical (unpaired) electrons. The van der Waals surface area contributed by atoms with Gasteiger partial charge in [0, 0.05) is 48.6 Å². The van der Waals surface area contributed by atoms with E-state index in [1.54, 1.807) is 10.6 Å². The first kappa shape index (κ1) is 25.0. The minimum Gasteiger partial charge on any atom is -0.481 e. The Labute approximate surface area is 202 Å². The number of hydrogen-bond donors (Lipinski definition) is 2. The molecule has 9 nitrogen and oxygen atoms in total. The van der Waals surface area contributed by atoms with Crippen LogP contribution in [-0.2, 0) is 17.8 Å². The molecule has 0 unspecified atom stereocenters. The highest BCUT2D eigenvalue weighted by atomic mass is 19.1. The predicted molar refractivity (Wildman–Crippen MR) is 127 cm³/mol. The van der Waals surface area contributed by atoms with Gasteiger partial charge in [0.05, 0.1) is 5.69 Å². The maximum absolute atomic E-state index is 13.4. The molecule has 4 heterocycles. The summed E-state index contributed by atoms with van der Waals surface area (Å²) in [5, 5.41) is 22.7. The molecule has 1 atom stereocenters. The van der Waals surface area contributed by atoms with E-state index in [0.29, 0.717) is 36.7 Å². The van der Waals surface area contributed by atoms with Gasteiger partial charge in [-0.25, -0.2) is 9.37 Å². The molecule has 0 bridgehead atoms. The first-order valence-electron chi connectivity index (χ1n) is 12.0. The Morgan fingerprint density at radius 1 is 1.23 bits per heavy atom. The number of piperidine rings is 1. The molecule has 1 aromatic carbocycles. The molecule has 0 aliphatic carbocycles. The summed E-state index contributed by atoms with van der Waals surface area (Å²) >= 11 is 0. The summed E-state index contributed by atoms with van der Waals surface area (Å²) in [7, 11) is 0. The van der Waals surface area contributed by atoms with E-state index in [1.807, 2.05) is 6.92 Å². The maximum atomic E-state index is 13.4. The fraction of sp³-hybridized carbons (Fsp3) is 0.520. The third-order valence-electron chi connectivity index (χ3n) is 6.77. The van der Waals surface area contributed by atoms with Crippen LogP contribution in [0.15, 0.2) is 27.5 Å². The van der Waals surface area contributed by atoms with Crippen molar-refractivity contribution < 1.29 is 23.9 Å². The number of carboxylic acid groups (broad SMARTS) is 1. The van der Waals surface area contributed by atoms with E-state index in [1.165, 1.54) is 12.1 Å². The van der Waals surface area contributed by atoms with E-state index in [0.717, 1.165) is 68.2 Å². The van der Waals surface area contributed by atoms with Crippen LogP contribution < -0.4 is 5.56 Å². The molecule has 0 amide bonds. The fourth-order valence-electron chi connectivity index (χ4n) is 4.98. The number of aromatic nitrogens is 3. The predicted octanol–water partition coefficient (Wildman–Crippen LogP) is 3.17. The van der Waals surface area contributed by atoms with Crippen molar-refractivity contribution in [3.8, 4) is 0 Å². The molecule has 0 spiro atoms. The number of aliphatic hydroxyl groups excluding tert-OH is 1. The number of hydrogen-bond acceptors (Lipinski definition) is 7. The van der Waals surface area contributed by atoms with Gasteiger partial charge in [0.15, 0.2) is 5.58 Å². The van der Waals surface area contributed by atoms with Crippen LogP contribution in [0.25, 0.3) is 11.0 Å². The topological polar surface area (TPSA) is 122 Å². The minimum atomic E-state index is -0.833. The monoisotopic (exact) mass is 486 g/mol. The summed E-state index contributed by atoms with van der Waals surface area (Å²) < 4.78 is 20.4. The molecule has 5 rings (SSSR count). The average molecular weight is 487 g/mol. The van der Waals surface area contributed by atoms with Gasteiger partial charge in [-0.1, -0.05) is 5.16 Å². The number of likely N-dealkylation sites (tertiary alicyclic amines) is 1. The van der Waals surface area contributed by atoms with Gasteiger partial charge in [-0.05, 0) is 64.3 Å². The Balaban J connectivity index is 0.000000672. The summed E-state index contributed by atoms with van der Waals surface area (Å²) in [5.41, 5.74) is 2.90. The molecule has 2 aliphatic heterocycles. The van der Waals surface area contributed by atoms with E-state index in [-0.39, 0.29) is 11.4 Å². The number of carboxylic acids is 1. The minimum absolute atomic E-state index is 0.00237. The number of aliphatic carboxylic acids is 1. The number of halogens is 1. The lowest BCUT2D eigenvalue weighted by molar-refractivity contribution is -0.134. The maximum Gasteiger partial charge on any atom is 0.300 e. The number of aryl methyl sites for hydroxylation is 1. The van der Waals surface area contributed by atoms with Gasteiger partial charge < -0.3 is 19.6 Å². The Morgan fingerprint density at radius 3 is 2.66 bits per heavy atom. The van der Waals surface area contributed by atoms with Crippen LogP contribution in [0.2, 0.25) is 0 Å². The molecule has 2 N–H and O–H groups in total. The average Bonchev–Trinajstić information content (AvgIpc) is 3.23. The summed E-state index contributed by atoms with van der Waals surface area (Å²) in [5.74, 6) is -0.345. The molecule has 2 aliphatic rings. The number of rotatable bonds is 4. The van der Waals surface area contributed by atoms with Gasteiger partial charge in [-0.15, -0.1) is 0 Å². The van der Waals surface area contributed by atoms with Crippen LogP contribution in [0.3, 0.4) is 0 Å². The van der Waals surface area contributed by atoms with Crippen molar-refractivity contribution in [3.05, 3.63) is 57.1 Å². The zero-order valence-corrected chi connectivity index (χ0v) is 20.0. The van der Waals surface area contributed by atoms with Crippen molar-refractivity contribution in [1.82, 2.24) is 19.6 Å². The number of fused-ring (bicyclic) bond motifs is 2. The van der Waals surface area contributed by atoms with E-state index < -0.39 is 12.1 Å². The molecule has 2 aromatic heterocycles. The van der Waals surface area contributed by atoms with Crippen molar-refractivity contribution >= 4 is 16.9 Å². The fourth-order valence-corrected chi connectivity index (χ4v) is 4.98. The van der Waals surface area contributed by atoms with Gasteiger partial charge in [-0.3, -0.25) is 14.2 Å². The molecule has 1 fully saturated rings. The Morgan fingerprint density at radius 2 is 1.94 bits per heavy atom. The second-order valence-electron chi connectivity index (χ2n) is 9.24. The highest BCUT2D eigenvalue weighted by Gasteiger charge is 2.26. The smallest absolute Gasteiger partial charge is 0.300 e. The van der Waals surface area contributed by atoms with E-state index in [9.17, 15) is 14.3 Å². The van der Waals surface area contributed by atoms with Gasteiger partial charge in [0.25, 0.3) is 11.5 Å².